The van der Waals surface area contributed by atoms with Crippen LogP contribution >= 0.6 is 15.2 Å². The van der Waals surface area contributed by atoms with Gasteiger partial charge in [-0.2, -0.15) is 8.78 Å². The van der Waals surface area contributed by atoms with Crippen LogP contribution in [0.5, 0.6) is 0 Å². The van der Waals surface area contributed by atoms with Gasteiger partial charge >= 0.3 is 20.9 Å². The Morgan fingerprint density at radius 2 is 1.34 bits per heavy atom. The van der Waals surface area contributed by atoms with Crippen LogP contribution in [-0.2, 0) is 37.9 Å². The van der Waals surface area contributed by atoms with Gasteiger partial charge in [-0.3, -0.25) is 9.13 Å². The first-order valence-electron chi connectivity index (χ1n) is 18.5. The molecule has 5 aromatic carbocycles. The van der Waals surface area contributed by atoms with Crippen molar-refractivity contribution in [3.05, 3.63) is 155 Å². The van der Waals surface area contributed by atoms with Gasteiger partial charge in [-0.15, -0.1) is 5.10 Å². The summed E-state index contributed by atoms with van der Waals surface area (Å²) in [6.07, 6.45) is 0.817. The van der Waals surface area contributed by atoms with E-state index in [0.29, 0.717) is 57.6 Å². The third-order valence-corrected chi connectivity index (χ3v) is 12.5. The Morgan fingerprint density at radius 1 is 0.741 bits per heavy atom. The fourth-order valence-electron chi connectivity index (χ4n) is 7.60. The second-order valence-corrected chi connectivity index (χ2v) is 18.1. The zero-order valence-corrected chi connectivity index (χ0v) is 33.6. The van der Waals surface area contributed by atoms with E-state index in [4.69, 9.17) is 9.72 Å². The van der Waals surface area contributed by atoms with Gasteiger partial charge in [0.1, 0.15) is 5.52 Å². The zero-order valence-electron chi connectivity index (χ0n) is 31.9. The second kappa shape index (κ2) is 16.0. The van der Waals surface area contributed by atoms with Gasteiger partial charge in [-0.1, -0.05) is 128 Å². The van der Waals surface area contributed by atoms with Gasteiger partial charge in [0.15, 0.2) is 0 Å². The Labute approximate surface area is 333 Å². The van der Waals surface area contributed by atoms with Gasteiger partial charge < -0.3 is 24.3 Å². The number of halogens is 2. The van der Waals surface area contributed by atoms with Crippen LogP contribution in [0.4, 0.5) is 8.78 Å². The molecule has 2 aromatic heterocycles. The SMILES string of the molecule is COC(CC(C)C)c1ccc2ccc(-c3ccc(CC(Cc4ccc(C(F)(F)P(=O)(O)O)cc4)(c4ccccc4)n4nnc5ccccc54)cc3)c(P(=O)(O)O)c2n1. The number of ether oxygens (including phenoxy) is 1. The Bertz CT molecular complexity index is 2670. The number of pyridine rings is 1. The van der Waals surface area contributed by atoms with E-state index >= 15 is 0 Å². The predicted octanol–water partition coefficient (Wildman–Crippen LogP) is 8.64. The standard InChI is InChI=1S/C43H42F2N4O7P2/c1-28(2)25-39(56-3)37-24-20-32-19-23-35(41(40(32)46-37)57(50,51)52)31-17-13-29(14-18-31)26-42(33-9-5-4-6-10-33,49-38-12-8-7-11-36(38)47-48-49)27-30-15-21-34(22-16-30)43(44,45)58(53,54)55/h4-24,28,39H,25-27H2,1-3H3,(H2,50,51,52)(H2,53,54,55). The van der Waals surface area contributed by atoms with E-state index < -0.39 is 32.0 Å². The van der Waals surface area contributed by atoms with Crippen LogP contribution in [0.1, 0.15) is 54.3 Å². The maximum Gasteiger partial charge on any atom is 0.399 e. The maximum absolute atomic E-state index is 14.7. The van der Waals surface area contributed by atoms with Crippen molar-refractivity contribution < 1.29 is 42.2 Å². The lowest BCUT2D eigenvalue weighted by Crippen LogP contribution is -2.40. The van der Waals surface area contributed by atoms with Crippen molar-refractivity contribution in [1.29, 1.82) is 0 Å². The van der Waals surface area contributed by atoms with Gasteiger partial charge in [0, 0.05) is 30.9 Å². The van der Waals surface area contributed by atoms with Crippen molar-refractivity contribution in [3.63, 3.8) is 0 Å². The third-order valence-electron chi connectivity index (χ3n) is 10.4. The van der Waals surface area contributed by atoms with Gasteiger partial charge in [0.05, 0.1) is 33.7 Å². The molecule has 7 aromatic rings. The van der Waals surface area contributed by atoms with E-state index in [1.165, 1.54) is 12.1 Å². The molecule has 0 spiro atoms. The predicted molar refractivity (Wildman–Crippen MR) is 219 cm³/mol. The van der Waals surface area contributed by atoms with Crippen LogP contribution in [0.25, 0.3) is 33.1 Å². The number of hydrogen-bond donors (Lipinski definition) is 4. The highest BCUT2D eigenvalue weighted by Gasteiger charge is 2.50. The van der Waals surface area contributed by atoms with Crippen molar-refractivity contribution in [3.8, 4) is 11.1 Å². The second-order valence-electron chi connectivity index (χ2n) is 14.9. The van der Waals surface area contributed by atoms with Gasteiger partial charge in [-0.05, 0) is 58.4 Å². The normalized spacial score (nSPS) is 14.2. The molecule has 0 aliphatic rings. The monoisotopic (exact) mass is 826 g/mol. The minimum Gasteiger partial charge on any atom is -0.375 e. The number of hydrogen-bond acceptors (Lipinski definition) is 6. The van der Waals surface area contributed by atoms with Gasteiger partial charge in [-0.25, -0.2) is 9.67 Å². The number of benzene rings is 5. The molecule has 0 fully saturated rings. The molecule has 0 saturated carbocycles. The zero-order chi connectivity index (χ0) is 41.5. The van der Waals surface area contributed by atoms with Crippen LogP contribution in [0.2, 0.25) is 0 Å². The average molecular weight is 827 g/mol. The van der Waals surface area contributed by atoms with Crippen molar-refractivity contribution in [2.24, 2.45) is 5.92 Å². The number of nitrogens with zero attached hydrogens (tertiary/aromatic N) is 4. The summed E-state index contributed by atoms with van der Waals surface area (Å²) in [6.45, 7) is 4.12. The molecular weight excluding hydrogens is 784 g/mol. The molecule has 0 bridgehead atoms. The van der Waals surface area contributed by atoms with E-state index in [9.17, 15) is 37.5 Å². The first-order chi connectivity index (χ1) is 27.5. The molecule has 2 atom stereocenters. The summed E-state index contributed by atoms with van der Waals surface area (Å²) in [6, 6.07) is 36.3. The summed E-state index contributed by atoms with van der Waals surface area (Å²) in [4.78, 5) is 45.0. The Balaban J connectivity index is 1.34. The number of aromatic nitrogens is 4. The number of fused-ring (bicyclic) bond motifs is 2. The summed E-state index contributed by atoms with van der Waals surface area (Å²) < 4.78 is 61.8. The molecule has 0 saturated heterocycles. The summed E-state index contributed by atoms with van der Waals surface area (Å²) >= 11 is 0. The minimum absolute atomic E-state index is 0.181. The molecule has 0 radical (unpaired) electrons. The summed E-state index contributed by atoms with van der Waals surface area (Å²) in [5.74, 6) is 0.298. The largest absolute Gasteiger partial charge is 0.399 e. The highest BCUT2D eigenvalue weighted by Crippen LogP contribution is 2.59. The van der Waals surface area contributed by atoms with Crippen LogP contribution in [0, 0.1) is 5.92 Å². The van der Waals surface area contributed by atoms with Crippen LogP contribution < -0.4 is 5.30 Å². The topological polar surface area (TPSA) is 168 Å². The smallest absolute Gasteiger partial charge is 0.375 e. The fourth-order valence-corrected chi connectivity index (χ4v) is 9.06. The van der Waals surface area contributed by atoms with Crippen molar-refractivity contribution in [2.45, 2.75) is 50.4 Å². The molecule has 0 aliphatic heterocycles. The summed E-state index contributed by atoms with van der Waals surface area (Å²) in [5.41, 5.74) is -0.964. The van der Waals surface area contributed by atoms with E-state index in [0.717, 1.165) is 23.3 Å². The molecule has 4 N–H and O–H groups in total. The fraction of sp³-hybridized carbons (Fsp3) is 0.233. The van der Waals surface area contributed by atoms with Crippen LogP contribution in [0.15, 0.2) is 127 Å². The molecule has 2 heterocycles. The molecule has 7 rings (SSSR count). The highest BCUT2D eigenvalue weighted by molar-refractivity contribution is 7.61. The molecule has 2 unspecified atom stereocenters. The van der Waals surface area contributed by atoms with Crippen molar-refractivity contribution in [1.82, 2.24) is 20.0 Å². The number of alkyl halides is 2. The van der Waals surface area contributed by atoms with E-state index in [1.807, 2.05) is 77.5 Å². The number of rotatable bonds is 14. The molecule has 0 amide bonds. The first kappa shape index (κ1) is 41.2. The van der Waals surface area contributed by atoms with E-state index in [2.05, 4.69) is 24.2 Å². The van der Waals surface area contributed by atoms with Crippen molar-refractivity contribution in [2.75, 3.05) is 7.11 Å². The lowest BCUT2D eigenvalue weighted by atomic mass is 9.78. The highest BCUT2D eigenvalue weighted by atomic mass is 31.2. The molecule has 0 aliphatic carbocycles. The van der Waals surface area contributed by atoms with Gasteiger partial charge in [0.2, 0.25) is 0 Å². The van der Waals surface area contributed by atoms with Crippen LogP contribution in [0.3, 0.4) is 0 Å². The van der Waals surface area contributed by atoms with E-state index in [1.54, 1.807) is 37.4 Å². The minimum atomic E-state index is -5.78. The van der Waals surface area contributed by atoms with Crippen molar-refractivity contribution >= 4 is 42.4 Å². The molecule has 300 valence electrons. The third kappa shape index (κ3) is 8.04. The number of methoxy groups -OCH3 is 1. The van der Waals surface area contributed by atoms with Crippen LogP contribution in [-0.4, -0.2) is 46.7 Å². The Hall–Kier alpha value is -4.97. The lowest BCUT2D eigenvalue weighted by Gasteiger charge is -2.36. The van der Waals surface area contributed by atoms with E-state index in [-0.39, 0.29) is 23.3 Å². The molecule has 58 heavy (non-hydrogen) atoms. The molecule has 15 heteroatoms. The first-order valence-corrected chi connectivity index (χ1v) is 21.8. The Kier molecular flexibility index (Phi) is 11.4. The summed E-state index contributed by atoms with van der Waals surface area (Å²) in [5, 5.41) is 9.49. The summed E-state index contributed by atoms with van der Waals surface area (Å²) in [7, 11) is -9.06. The maximum atomic E-state index is 14.7. The molecular formula is C43H42F2N4O7P2. The lowest BCUT2D eigenvalue weighted by molar-refractivity contribution is 0.0564. The Morgan fingerprint density at radius 3 is 1.95 bits per heavy atom. The quantitative estimate of drug-likeness (QED) is 0.0780. The van der Waals surface area contributed by atoms with Gasteiger partial charge in [0.25, 0.3) is 0 Å². The molecule has 11 nitrogen and oxygen atoms in total. The average Bonchev–Trinajstić information content (AvgIpc) is 3.64. The number of para-hydroxylation sites is 1.